The smallest absolute Gasteiger partial charge is 0.311 e. The van der Waals surface area contributed by atoms with Crippen LogP contribution in [0.2, 0.25) is 0 Å². The number of hydrogen-bond donors (Lipinski definition) is 2. The van der Waals surface area contributed by atoms with Crippen LogP contribution in [0.25, 0.3) is 0 Å². The molecule has 21 heavy (non-hydrogen) atoms. The minimum Gasteiger partial charge on any atom is -0.481 e. The average Bonchev–Trinajstić information content (AvgIpc) is 2.84. The van der Waals surface area contributed by atoms with Crippen molar-refractivity contribution in [2.75, 3.05) is 18.0 Å². The van der Waals surface area contributed by atoms with E-state index in [2.05, 4.69) is 0 Å². The summed E-state index contributed by atoms with van der Waals surface area (Å²) in [7, 11) is 0. The van der Waals surface area contributed by atoms with Gasteiger partial charge in [-0.15, -0.1) is 0 Å². The van der Waals surface area contributed by atoms with Gasteiger partial charge in [-0.2, -0.15) is 0 Å². The first-order chi connectivity index (χ1) is 9.89. The lowest BCUT2D eigenvalue weighted by atomic mass is 9.83. The number of nitrogens with two attached hydrogens (primary N) is 1. The van der Waals surface area contributed by atoms with Crippen LogP contribution in [0.15, 0.2) is 18.2 Å². The maximum atomic E-state index is 13.3. The molecule has 1 aromatic carbocycles. The topological polar surface area (TPSA) is 83.6 Å². The molecule has 1 aliphatic heterocycles. The number of benzene rings is 1. The van der Waals surface area contributed by atoms with Crippen LogP contribution in [0.1, 0.15) is 36.5 Å². The molecule has 1 aliphatic rings. The molecule has 1 amide bonds. The molecular formula is C15H19FN2O3. The van der Waals surface area contributed by atoms with Crippen LogP contribution >= 0.6 is 0 Å². The van der Waals surface area contributed by atoms with Gasteiger partial charge in [0.2, 0.25) is 0 Å². The van der Waals surface area contributed by atoms with E-state index in [1.807, 2.05) is 11.8 Å². The number of halogens is 1. The molecule has 0 saturated carbocycles. The molecule has 114 valence electrons. The molecule has 0 radical (unpaired) electrons. The monoisotopic (exact) mass is 294 g/mol. The Morgan fingerprint density at radius 2 is 2.19 bits per heavy atom. The largest absolute Gasteiger partial charge is 0.481 e. The Morgan fingerprint density at radius 3 is 2.76 bits per heavy atom. The van der Waals surface area contributed by atoms with Gasteiger partial charge in [0.15, 0.2) is 0 Å². The van der Waals surface area contributed by atoms with Gasteiger partial charge in [0.1, 0.15) is 5.82 Å². The summed E-state index contributed by atoms with van der Waals surface area (Å²) in [5.74, 6) is -2.08. The van der Waals surface area contributed by atoms with Gasteiger partial charge in [-0.3, -0.25) is 9.59 Å². The summed E-state index contributed by atoms with van der Waals surface area (Å²) in [6, 6.07) is 3.83. The molecule has 0 spiro atoms. The molecule has 0 aromatic heterocycles. The standard InChI is InChI=1S/C15H19FN2O3/c1-2-5-15(14(20)21)6-7-18(9-15)12-4-3-10(16)8-11(12)13(17)19/h3-4,8H,2,5-7,9H2,1H3,(H2,17,19)(H,20,21). The third-order valence-electron chi connectivity index (χ3n) is 4.10. The Hall–Kier alpha value is -2.11. The van der Waals surface area contributed by atoms with Gasteiger partial charge in [-0.1, -0.05) is 13.3 Å². The second kappa shape index (κ2) is 5.71. The number of hydrogen-bond acceptors (Lipinski definition) is 3. The number of rotatable bonds is 5. The zero-order valence-electron chi connectivity index (χ0n) is 11.9. The van der Waals surface area contributed by atoms with Crippen LogP contribution in [0.5, 0.6) is 0 Å². The van der Waals surface area contributed by atoms with Gasteiger partial charge < -0.3 is 15.7 Å². The van der Waals surface area contributed by atoms with Crippen LogP contribution in [0.3, 0.4) is 0 Å². The molecule has 3 N–H and O–H groups in total. The highest BCUT2D eigenvalue weighted by molar-refractivity contribution is 5.99. The van der Waals surface area contributed by atoms with E-state index in [1.165, 1.54) is 12.1 Å². The van der Waals surface area contributed by atoms with Gasteiger partial charge in [-0.05, 0) is 31.0 Å². The van der Waals surface area contributed by atoms with Gasteiger partial charge >= 0.3 is 5.97 Å². The summed E-state index contributed by atoms with van der Waals surface area (Å²) in [6.07, 6.45) is 1.85. The van der Waals surface area contributed by atoms with E-state index in [0.717, 1.165) is 12.5 Å². The maximum absolute atomic E-state index is 13.3. The highest BCUT2D eigenvalue weighted by atomic mass is 19.1. The van der Waals surface area contributed by atoms with Gasteiger partial charge in [-0.25, -0.2) is 4.39 Å². The molecule has 1 unspecified atom stereocenters. The minimum absolute atomic E-state index is 0.0905. The Kier molecular flexibility index (Phi) is 4.16. The molecule has 0 aliphatic carbocycles. The quantitative estimate of drug-likeness (QED) is 0.870. The molecule has 1 fully saturated rings. The number of amides is 1. The molecule has 1 heterocycles. The Morgan fingerprint density at radius 1 is 1.48 bits per heavy atom. The predicted molar refractivity (Wildman–Crippen MR) is 76.7 cm³/mol. The summed E-state index contributed by atoms with van der Waals surface area (Å²) >= 11 is 0. The second-order valence-corrected chi connectivity index (χ2v) is 5.53. The van der Waals surface area contributed by atoms with Crippen molar-refractivity contribution < 1.29 is 19.1 Å². The molecular weight excluding hydrogens is 275 g/mol. The van der Waals surface area contributed by atoms with Crippen molar-refractivity contribution in [2.24, 2.45) is 11.1 Å². The zero-order chi connectivity index (χ0) is 15.6. The Bertz CT molecular complexity index is 576. The van der Waals surface area contributed by atoms with Crippen molar-refractivity contribution in [3.63, 3.8) is 0 Å². The lowest BCUT2D eigenvalue weighted by molar-refractivity contribution is -0.148. The zero-order valence-corrected chi connectivity index (χ0v) is 11.9. The third-order valence-corrected chi connectivity index (χ3v) is 4.10. The number of carboxylic acids is 1. The first-order valence-corrected chi connectivity index (χ1v) is 6.97. The van der Waals surface area contributed by atoms with E-state index in [9.17, 15) is 19.1 Å². The number of carbonyl (C=O) groups is 2. The minimum atomic E-state index is -0.824. The van der Waals surface area contributed by atoms with Crippen molar-refractivity contribution in [1.82, 2.24) is 0 Å². The number of carboxylic acid groups (broad SMARTS) is 1. The molecule has 1 atom stereocenters. The highest BCUT2D eigenvalue weighted by Crippen LogP contribution is 2.38. The van der Waals surface area contributed by atoms with E-state index in [1.54, 1.807) is 0 Å². The van der Waals surface area contributed by atoms with Crippen LogP contribution in [0, 0.1) is 11.2 Å². The lowest BCUT2D eigenvalue weighted by Gasteiger charge is -2.26. The highest BCUT2D eigenvalue weighted by Gasteiger charge is 2.44. The summed E-state index contributed by atoms with van der Waals surface area (Å²) in [5, 5.41) is 9.50. The third kappa shape index (κ3) is 2.84. The van der Waals surface area contributed by atoms with E-state index in [4.69, 9.17) is 5.73 Å². The fourth-order valence-corrected chi connectivity index (χ4v) is 3.02. The molecule has 1 aromatic rings. The normalized spacial score (nSPS) is 21.5. The Labute approximate surface area is 122 Å². The first kappa shape index (κ1) is 15.3. The average molecular weight is 294 g/mol. The summed E-state index contributed by atoms with van der Waals surface area (Å²) < 4.78 is 13.3. The number of aliphatic carboxylic acids is 1. The number of primary amides is 1. The molecule has 2 rings (SSSR count). The van der Waals surface area contributed by atoms with Gasteiger partial charge in [0.25, 0.3) is 5.91 Å². The molecule has 5 nitrogen and oxygen atoms in total. The van der Waals surface area contributed by atoms with E-state index >= 15 is 0 Å². The first-order valence-electron chi connectivity index (χ1n) is 6.97. The fourth-order valence-electron chi connectivity index (χ4n) is 3.02. The lowest BCUT2D eigenvalue weighted by Crippen LogP contribution is -2.35. The van der Waals surface area contributed by atoms with Crippen LogP contribution < -0.4 is 10.6 Å². The summed E-state index contributed by atoms with van der Waals surface area (Å²) in [4.78, 5) is 24.9. The van der Waals surface area contributed by atoms with Crippen LogP contribution in [0.4, 0.5) is 10.1 Å². The number of nitrogens with zero attached hydrogens (tertiary/aromatic N) is 1. The summed E-state index contributed by atoms with van der Waals surface area (Å²) in [5.41, 5.74) is 5.07. The van der Waals surface area contributed by atoms with E-state index < -0.39 is 23.1 Å². The second-order valence-electron chi connectivity index (χ2n) is 5.53. The van der Waals surface area contributed by atoms with Crippen LogP contribution in [-0.4, -0.2) is 30.1 Å². The van der Waals surface area contributed by atoms with E-state index in [-0.39, 0.29) is 5.56 Å². The van der Waals surface area contributed by atoms with Crippen molar-refractivity contribution in [3.8, 4) is 0 Å². The fraction of sp³-hybridized carbons (Fsp3) is 0.467. The van der Waals surface area contributed by atoms with Crippen molar-refractivity contribution >= 4 is 17.6 Å². The number of carbonyl (C=O) groups excluding carboxylic acids is 1. The van der Waals surface area contributed by atoms with E-state index in [0.29, 0.717) is 31.6 Å². The molecule has 0 bridgehead atoms. The summed E-state index contributed by atoms with van der Waals surface area (Å²) in [6.45, 7) is 2.76. The van der Waals surface area contributed by atoms with Crippen molar-refractivity contribution in [2.45, 2.75) is 26.2 Å². The molecule has 6 heteroatoms. The Balaban J connectivity index is 2.33. The van der Waals surface area contributed by atoms with Crippen molar-refractivity contribution in [1.29, 1.82) is 0 Å². The van der Waals surface area contributed by atoms with Gasteiger partial charge in [0, 0.05) is 18.8 Å². The maximum Gasteiger partial charge on any atom is 0.311 e. The predicted octanol–water partition coefficient (Wildman–Crippen LogP) is 2.01. The van der Waals surface area contributed by atoms with Gasteiger partial charge in [0.05, 0.1) is 11.0 Å². The van der Waals surface area contributed by atoms with Crippen molar-refractivity contribution in [3.05, 3.63) is 29.6 Å². The van der Waals surface area contributed by atoms with Crippen LogP contribution in [-0.2, 0) is 4.79 Å². The molecule has 1 saturated heterocycles. The SMILES string of the molecule is CCCC1(C(=O)O)CCN(c2ccc(F)cc2C(N)=O)C1. The number of anilines is 1.